The lowest BCUT2D eigenvalue weighted by Crippen LogP contribution is -2.50. The van der Waals surface area contributed by atoms with Gasteiger partial charge in [-0.25, -0.2) is 0 Å². The van der Waals surface area contributed by atoms with Crippen molar-refractivity contribution in [3.05, 3.63) is 88.3 Å². The highest BCUT2D eigenvalue weighted by Gasteiger charge is 2.28. The lowest BCUT2D eigenvalue weighted by molar-refractivity contribution is -0.130. The minimum atomic E-state index is -0.318. The number of piperazine rings is 1. The first-order chi connectivity index (χ1) is 14.7. The molecule has 2 heterocycles. The van der Waals surface area contributed by atoms with E-state index in [1.54, 1.807) is 0 Å². The summed E-state index contributed by atoms with van der Waals surface area (Å²) in [7, 11) is 0. The largest absolute Gasteiger partial charge is 0.339 e. The van der Waals surface area contributed by atoms with Gasteiger partial charge in [-0.15, -0.1) is 5.10 Å². The Morgan fingerprint density at radius 2 is 1.57 bits per heavy atom. The SMILES string of the molecule is O=C(CSc1nncc(=O)[nH]1)N1CCN(C(c2ccccc2)c2ccccc2)CC1. The summed E-state index contributed by atoms with van der Waals surface area (Å²) in [6.45, 7) is 2.94. The van der Waals surface area contributed by atoms with Gasteiger partial charge < -0.3 is 4.90 Å². The van der Waals surface area contributed by atoms with Gasteiger partial charge in [-0.3, -0.25) is 19.5 Å². The Balaban J connectivity index is 1.39. The van der Waals surface area contributed by atoms with Crippen LogP contribution < -0.4 is 5.56 Å². The van der Waals surface area contributed by atoms with E-state index in [1.807, 2.05) is 17.0 Å². The maximum Gasteiger partial charge on any atom is 0.270 e. The summed E-state index contributed by atoms with van der Waals surface area (Å²) in [6.07, 6.45) is 1.11. The van der Waals surface area contributed by atoms with E-state index in [1.165, 1.54) is 22.9 Å². The molecule has 3 aromatic rings. The summed E-state index contributed by atoms with van der Waals surface area (Å²) >= 11 is 1.20. The van der Waals surface area contributed by atoms with Crippen LogP contribution in [0.15, 0.2) is 76.8 Å². The van der Waals surface area contributed by atoms with Crippen molar-refractivity contribution in [2.24, 2.45) is 0 Å². The summed E-state index contributed by atoms with van der Waals surface area (Å²) in [4.78, 5) is 30.8. The molecule has 0 radical (unpaired) electrons. The molecule has 0 aliphatic carbocycles. The Bertz CT molecular complexity index is 981. The molecule has 154 valence electrons. The van der Waals surface area contributed by atoms with Crippen LogP contribution in [0.2, 0.25) is 0 Å². The first-order valence-corrected chi connectivity index (χ1v) is 10.9. The zero-order valence-electron chi connectivity index (χ0n) is 16.5. The first kappa shape index (κ1) is 20.3. The molecule has 1 aromatic heterocycles. The summed E-state index contributed by atoms with van der Waals surface area (Å²) in [6, 6.07) is 21.1. The van der Waals surface area contributed by atoms with E-state index in [9.17, 15) is 9.59 Å². The van der Waals surface area contributed by atoms with E-state index in [2.05, 4.69) is 68.6 Å². The topological polar surface area (TPSA) is 82.2 Å². The second-order valence-electron chi connectivity index (χ2n) is 7.07. The predicted molar refractivity (Wildman–Crippen MR) is 116 cm³/mol. The Morgan fingerprint density at radius 1 is 0.967 bits per heavy atom. The molecule has 1 fully saturated rings. The molecule has 4 rings (SSSR count). The quantitative estimate of drug-likeness (QED) is 0.615. The van der Waals surface area contributed by atoms with Crippen LogP contribution in [0.25, 0.3) is 0 Å². The van der Waals surface area contributed by atoms with E-state index in [0.29, 0.717) is 18.2 Å². The number of nitrogens with zero attached hydrogens (tertiary/aromatic N) is 4. The third-order valence-electron chi connectivity index (χ3n) is 5.15. The molecule has 2 aromatic carbocycles. The highest BCUT2D eigenvalue weighted by Crippen LogP contribution is 2.29. The molecule has 1 aliphatic heterocycles. The summed E-state index contributed by atoms with van der Waals surface area (Å²) in [5.74, 6) is 0.275. The van der Waals surface area contributed by atoms with Crippen LogP contribution in [0.4, 0.5) is 0 Å². The van der Waals surface area contributed by atoms with Gasteiger partial charge in [-0.05, 0) is 11.1 Å². The number of hydrogen-bond donors (Lipinski definition) is 1. The van der Waals surface area contributed by atoms with Gasteiger partial charge in [0.05, 0.1) is 11.8 Å². The number of aromatic amines is 1. The van der Waals surface area contributed by atoms with Crippen molar-refractivity contribution in [1.82, 2.24) is 25.0 Å². The maximum absolute atomic E-state index is 12.6. The number of hydrogen-bond acceptors (Lipinski definition) is 6. The predicted octanol–water partition coefficient (Wildman–Crippen LogP) is 2.19. The Labute approximate surface area is 179 Å². The van der Waals surface area contributed by atoms with Crippen molar-refractivity contribution < 1.29 is 4.79 Å². The zero-order valence-corrected chi connectivity index (χ0v) is 17.3. The normalized spacial score (nSPS) is 14.8. The van der Waals surface area contributed by atoms with Gasteiger partial charge >= 0.3 is 0 Å². The van der Waals surface area contributed by atoms with Crippen molar-refractivity contribution in [3.63, 3.8) is 0 Å². The average molecular weight is 422 g/mol. The molecule has 30 heavy (non-hydrogen) atoms. The third kappa shape index (κ3) is 4.95. The van der Waals surface area contributed by atoms with Gasteiger partial charge in [0.15, 0.2) is 5.16 Å². The highest BCUT2D eigenvalue weighted by atomic mass is 32.2. The summed E-state index contributed by atoms with van der Waals surface area (Å²) < 4.78 is 0. The monoisotopic (exact) mass is 421 g/mol. The Morgan fingerprint density at radius 3 is 2.13 bits per heavy atom. The fourth-order valence-corrected chi connectivity index (χ4v) is 4.42. The van der Waals surface area contributed by atoms with E-state index in [-0.39, 0.29) is 23.3 Å². The fourth-order valence-electron chi connectivity index (χ4n) is 3.70. The second kappa shape index (κ2) is 9.69. The number of carbonyl (C=O) groups is 1. The Kier molecular flexibility index (Phi) is 6.56. The number of amides is 1. The van der Waals surface area contributed by atoms with Gasteiger partial charge in [0.25, 0.3) is 5.56 Å². The molecular formula is C22H23N5O2S. The molecule has 1 N–H and O–H groups in total. The lowest BCUT2D eigenvalue weighted by atomic mass is 9.96. The Hall–Kier alpha value is -2.97. The lowest BCUT2D eigenvalue weighted by Gasteiger charge is -2.39. The van der Waals surface area contributed by atoms with Gasteiger partial charge in [0, 0.05) is 26.2 Å². The molecule has 0 unspecified atom stereocenters. The number of aromatic nitrogens is 3. The average Bonchev–Trinajstić information content (AvgIpc) is 2.80. The van der Waals surface area contributed by atoms with E-state index >= 15 is 0 Å². The van der Waals surface area contributed by atoms with Gasteiger partial charge in [0.1, 0.15) is 6.20 Å². The van der Waals surface area contributed by atoms with E-state index < -0.39 is 0 Å². The number of H-pyrrole nitrogens is 1. The first-order valence-electron chi connectivity index (χ1n) is 9.87. The van der Waals surface area contributed by atoms with Crippen molar-refractivity contribution >= 4 is 17.7 Å². The van der Waals surface area contributed by atoms with Crippen LogP contribution in [0, 0.1) is 0 Å². The van der Waals surface area contributed by atoms with E-state index in [0.717, 1.165) is 19.3 Å². The number of nitrogens with one attached hydrogen (secondary N) is 1. The third-order valence-corrected chi connectivity index (χ3v) is 6.00. The fraction of sp³-hybridized carbons (Fsp3) is 0.273. The number of carbonyl (C=O) groups excluding carboxylic acids is 1. The minimum absolute atomic E-state index is 0.0436. The van der Waals surface area contributed by atoms with Crippen LogP contribution in [-0.2, 0) is 4.79 Å². The van der Waals surface area contributed by atoms with Crippen LogP contribution in [0.3, 0.4) is 0 Å². The van der Waals surface area contributed by atoms with Crippen LogP contribution >= 0.6 is 11.8 Å². The number of benzene rings is 2. The van der Waals surface area contributed by atoms with Crippen molar-refractivity contribution in [1.29, 1.82) is 0 Å². The molecule has 1 amide bonds. The van der Waals surface area contributed by atoms with Crippen LogP contribution in [0.5, 0.6) is 0 Å². The molecule has 0 bridgehead atoms. The summed E-state index contributed by atoms with van der Waals surface area (Å²) in [5, 5.41) is 7.82. The smallest absolute Gasteiger partial charge is 0.270 e. The maximum atomic E-state index is 12.6. The standard InChI is InChI=1S/C22H23N5O2S/c28-19-15-23-25-22(24-19)30-16-20(29)26-11-13-27(14-12-26)21(17-7-3-1-4-8-17)18-9-5-2-6-10-18/h1-10,15,21H,11-14,16H2,(H,24,25,28). The van der Waals surface area contributed by atoms with E-state index in [4.69, 9.17) is 0 Å². The molecule has 1 saturated heterocycles. The molecule has 0 spiro atoms. The summed E-state index contributed by atoms with van der Waals surface area (Å²) in [5.41, 5.74) is 2.19. The molecular weight excluding hydrogens is 398 g/mol. The molecule has 1 aliphatic rings. The van der Waals surface area contributed by atoms with Crippen molar-refractivity contribution in [2.75, 3.05) is 31.9 Å². The zero-order chi connectivity index (χ0) is 20.8. The van der Waals surface area contributed by atoms with Crippen molar-refractivity contribution in [2.45, 2.75) is 11.2 Å². The second-order valence-corrected chi connectivity index (χ2v) is 8.03. The number of rotatable bonds is 6. The highest BCUT2D eigenvalue weighted by molar-refractivity contribution is 7.99. The molecule has 0 saturated carbocycles. The minimum Gasteiger partial charge on any atom is -0.339 e. The number of thioether (sulfide) groups is 1. The molecule has 7 nitrogen and oxygen atoms in total. The van der Waals surface area contributed by atoms with Crippen molar-refractivity contribution in [3.8, 4) is 0 Å². The van der Waals surface area contributed by atoms with Crippen LogP contribution in [-0.4, -0.2) is 62.8 Å². The molecule has 8 heteroatoms. The van der Waals surface area contributed by atoms with Gasteiger partial charge in [-0.2, -0.15) is 5.10 Å². The van der Waals surface area contributed by atoms with Crippen LogP contribution in [0.1, 0.15) is 17.2 Å². The molecule has 0 atom stereocenters. The van der Waals surface area contributed by atoms with Gasteiger partial charge in [-0.1, -0.05) is 72.4 Å². The van der Waals surface area contributed by atoms with Gasteiger partial charge in [0.2, 0.25) is 5.91 Å².